The molecule has 0 aliphatic carbocycles. The molecule has 2 heterocycles. The van der Waals surface area contributed by atoms with Crippen molar-refractivity contribution in [3.8, 4) is 27.6 Å². The zero-order chi connectivity index (χ0) is 21.5. The fourth-order valence-electron chi connectivity index (χ4n) is 2.96. The highest BCUT2D eigenvalue weighted by Gasteiger charge is 2.09. The second kappa shape index (κ2) is 10.2. The fraction of sp³-hybridized carbons (Fsp3) is 0.125. The Morgan fingerprint density at radius 3 is 2.71 bits per heavy atom. The Morgan fingerprint density at radius 1 is 1.06 bits per heavy atom. The first-order valence-electron chi connectivity index (χ1n) is 9.82. The van der Waals surface area contributed by atoms with Crippen molar-refractivity contribution >= 4 is 34.5 Å². The summed E-state index contributed by atoms with van der Waals surface area (Å²) in [6.07, 6.45) is 4.54. The Labute approximate surface area is 189 Å². The highest BCUT2D eigenvalue weighted by molar-refractivity contribution is 7.13. The van der Waals surface area contributed by atoms with Crippen molar-refractivity contribution in [2.24, 2.45) is 0 Å². The lowest BCUT2D eigenvalue weighted by atomic mass is 10.1. The monoisotopic (exact) mass is 449 g/mol. The second-order valence-corrected chi connectivity index (χ2v) is 8.11. The molecule has 0 aliphatic rings. The summed E-state index contributed by atoms with van der Waals surface area (Å²) in [6, 6.07) is 18.8. The molecule has 4 rings (SSSR count). The minimum atomic E-state index is -0.0498. The van der Waals surface area contributed by atoms with Crippen molar-refractivity contribution in [2.75, 3.05) is 11.9 Å². The van der Waals surface area contributed by atoms with E-state index < -0.39 is 0 Å². The van der Waals surface area contributed by atoms with Crippen LogP contribution in [0.3, 0.4) is 0 Å². The highest BCUT2D eigenvalue weighted by atomic mass is 35.5. The molecule has 2 aromatic heterocycles. The topological polar surface area (TPSA) is 64.1 Å². The Kier molecular flexibility index (Phi) is 6.92. The van der Waals surface area contributed by atoms with E-state index in [1.807, 2.05) is 53.9 Å². The molecular formula is C24H20ClN3O2S. The van der Waals surface area contributed by atoms with Crippen LogP contribution in [0.25, 0.3) is 21.8 Å². The van der Waals surface area contributed by atoms with E-state index in [0.29, 0.717) is 24.5 Å². The smallest absolute Gasteiger partial charge is 0.224 e. The van der Waals surface area contributed by atoms with Crippen LogP contribution in [-0.4, -0.2) is 22.5 Å². The van der Waals surface area contributed by atoms with E-state index in [4.69, 9.17) is 21.3 Å². The van der Waals surface area contributed by atoms with Crippen LogP contribution in [0.1, 0.15) is 12.8 Å². The SMILES string of the molecule is O=C(CCCOc1ccc(Cl)cc1)Nc1cccc(-c2csc(-c3cccnc3)n2)c1. The molecule has 1 N–H and O–H groups in total. The van der Waals surface area contributed by atoms with Crippen LogP contribution in [0, 0.1) is 0 Å². The zero-order valence-corrected chi connectivity index (χ0v) is 18.2. The van der Waals surface area contributed by atoms with Crippen molar-refractivity contribution in [3.63, 3.8) is 0 Å². The van der Waals surface area contributed by atoms with E-state index >= 15 is 0 Å². The number of carbonyl (C=O) groups excluding carboxylic acids is 1. The number of aromatic nitrogens is 2. The number of nitrogens with zero attached hydrogens (tertiary/aromatic N) is 2. The van der Waals surface area contributed by atoms with Crippen LogP contribution >= 0.6 is 22.9 Å². The van der Waals surface area contributed by atoms with E-state index in [1.165, 1.54) is 0 Å². The molecule has 0 unspecified atom stereocenters. The van der Waals surface area contributed by atoms with Crippen LogP contribution in [0.4, 0.5) is 5.69 Å². The van der Waals surface area contributed by atoms with Crippen LogP contribution in [0.5, 0.6) is 5.75 Å². The molecule has 1 amide bonds. The molecule has 5 nitrogen and oxygen atoms in total. The van der Waals surface area contributed by atoms with Crippen molar-refractivity contribution in [1.82, 2.24) is 9.97 Å². The first-order chi connectivity index (χ1) is 15.2. The van der Waals surface area contributed by atoms with Gasteiger partial charge in [-0.15, -0.1) is 11.3 Å². The summed E-state index contributed by atoms with van der Waals surface area (Å²) in [5.74, 6) is 0.692. The molecule has 0 radical (unpaired) electrons. The fourth-order valence-corrected chi connectivity index (χ4v) is 3.91. The number of anilines is 1. The third kappa shape index (κ3) is 5.90. The average Bonchev–Trinajstić information content (AvgIpc) is 3.29. The van der Waals surface area contributed by atoms with Gasteiger partial charge in [0.05, 0.1) is 12.3 Å². The number of hydrogen-bond acceptors (Lipinski definition) is 5. The van der Waals surface area contributed by atoms with E-state index in [-0.39, 0.29) is 5.91 Å². The largest absolute Gasteiger partial charge is 0.494 e. The summed E-state index contributed by atoms with van der Waals surface area (Å²) in [4.78, 5) is 21.2. The lowest BCUT2D eigenvalue weighted by Crippen LogP contribution is -2.12. The molecule has 2 aromatic carbocycles. The Hall–Kier alpha value is -3.22. The van der Waals surface area contributed by atoms with Gasteiger partial charge in [-0.05, 0) is 55.0 Å². The molecule has 4 aromatic rings. The van der Waals surface area contributed by atoms with Crippen molar-refractivity contribution in [3.05, 3.63) is 83.5 Å². The van der Waals surface area contributed by atoms with Gasteiger partial charge in [-0.3, -0.25) is 9.78 Å². The maximum absolute atomic E-state index is 12.3. The molecule has 0 fully saturated rings. The number of thiazole rings is 1. The van der Waals surface area contributed by atoms with Gasteiger partial charge in [0.2, 0.25) is 5.91 Å². The summed E-state index contributed by atoms with van der Waals surface area (Å²) in [7, 11) is 0. The van der Waals surface area contributed by atoms with E-state index in [1.54, 1.807) is 35.9 Å². The van der Waals surface area contributed by atoms with Gasteiger partial charge in [0.1, 0.15) is 10.8 Å². The summed E-state index contributed by atoms with van der Waals surface area (Å²) in [5.41, 5.74) is 3.56. The molecule has 0 aliphatic heterocycles. The number of benzene rings is 2. The number of hydrogen-bond donors (Lipinski definition) is 1. The lowest BCUT2D eigenvalue weighted by molar-refractivity contribution is -0.116. The summed E-state index contributed by atoms with van der Waals surface area (Å²) < 4.78 is 5.63. The van der Waals surface area contributed by atoms with Gasteiger partial charge >= 0.3 is 0 Å². The normalized spacial score (nSPS) is 10.6. The van der Waals surface area contributed by atoms with Crippen LogP contribution in [0.15, 0.2) is 78.4 Å². The summed E-state index contributed by atoms with van der Waals surface area (Å²) >= 11 is 7.43. The van der Waals surface area contributed by atoms with Gasteiger partial charge in [-0.25, -0.2) is 4.98 Å². The first kappa shape index (κ1) is 21.0. The molecule has 156 valence electrons. The van der Waals surface area contributed by atoms with E-state index in [9.17, 15) is 4.79 Å². The van der Waals surface area contributed by atoms with Gasteiger partial charge < -0.3 is 10.1 Å². The molecule has 7 heteroatoms. The van der Waals surface area contributed by atoms with Gasteiger partial charge in [-0.2, -0.15) is 0 Å². The van der Waals surface area contributed by atoms with E-state index in [0.717, 1.165) is 33.3 Å². The third-order valence-corrected chi connectivity index (χ3v) is 5.63. The molecule has 0 spiro atoms. The predicted molar refractivity (Wildman–Crippen MR) is 126 cm³/mol. The zero-order valence-electron chi connectivity index (χ0n) is 16.6. The minimum absolute atomic E-state index is 0.0498. The van der Waals surface area contributed by atoms with Gasteiger partial charge in [0.25, 0.3) is 0 Å². The number of ether oxygens (including phenoxy) is 1. The average molecular weight is 450 g/mol. The van der Waals surface area contributed by atoms with Gasteiger partial charge in [0, 0.05) is 46.0 Å². The molecule has 0 saturated carbocycles. The van der Waals surface area contributed by atoms with Gasteiger partial charge in [-0.1, -0.05) is 23.7 Å². The number of pyridine rings is 1. The Bertz CT molecular complexity index is 1150. The van der Waals surface area contributed by atoms with Crippen LogP contribution in [0.2, 0.25) is 5.02 Å². The van der Waals surface area contributed by atoms with Crippen LogP contribution in [-0.2, 0) is 4.79 Å². The van der Waals surface area contributed by atoms with E-state index in [2.05, 4.69) is 10.3 Å². The summed E-state index contributed by atoms with van der Waals surface area (Å²) in [5, 5.41) is 6.54. The number of nitrogens with one attached hydrogen (secondary N) is 1. The predicted octanol–water partition coefficient (Wildman–Crippen LogP) is 6.32. The number of amides is 1. The third-order valence-electron chi connectivity index (χ3n) is 4.49. The van der Waals surface area contributed by atoms with Gasteiger partial charge in [0.15, 0.2) is 0 Å². The quantitative estimate of drug-likeness (QED) is 0.319. The molecule has 0 saturated heterocycles. The van der Waals surface area contributed by atoms with Crippen molar-refractivity contribution in [1.29, 1.82) is 0 Å². The highest BCUT2D eigenvalue weighted by Crippen LogP contribution is 2.29. The maximum atomic E-state index is 12.3. The Morgan fingerprint density at radius 2 is 1.90 bits per heavy atom. The van der Waals surface area contributed by atoms with Crippen LogP contribution < -0.4 is 10.1 Å². The number of rotatable bonds is 8. The molecule has 0 bridgehead atoms. The summed E-state index contributed by atoms with van der Waals surface area (Å²) in [6.45, 7) is 0.463. The number of halogens is 1. The minimum Gasteiger partial charge on any atom is -0.494 e. The van der Waals surface area contributed by atoms with Crippen molar-refractivity contribution in [2.45, 2.75) is 12.8 Å². The standard InChI is InChI=1S/C24H20ClN3O2S/c25-19-8-10-21(11-9-19)30-13-3-7-23(29)27-20-6-1-4-17(14-20)22-16-31-24(28-22)18-5-2-12-26-15-18/h1-2,4-6,8-12,14-16H,3,7,13H2,(H,27,29). The lowest BCUT2D eigenvalue weighted by Gasteiger charge is -2.08. The molecular weight excluding hydrogens is 430 g/mol. The Balaban J connectivity index is 1.30. The second-order valence-electron chi connectivity index (χ2n) is 6.81. The first-order valence-corrected chi connectivity index (χ1v) is 11.1. The maximum Gasteiger partial charge on any atom is 0.224 e. The van der Waals surface area contributed by atoms with Crippen molar-refractivity contribution < 1.29 is 9.53 Å². The molecule has 31 heavy (non-hydrogen) atoms. The number of carbonyl (C=O) groups is 1. The molecule has 0 atom stereocenters.